The normalized spacial score (nSPS) is 14.7. The number of amides is 1. The van der Waals surface area contributed by atoms with Crippen molar-refractivity contribution in [3.05, 3.63) is 40.8 Å². The highest BCUT2D eigenvalue weighted by atomic mass is 32.2. The summed E-state index contributed by atoms with van der Waals surface area (Å²) in [6.07, 6.45) is 3.06. The SMILES string of the molecule is CCCS(=O)(=O)Nc1cc(F)c(F)c(NC(=O)c2csc3c(NC4CCOCC4)ncnc23)c1F. The Morgan fingerprint density at radius 2 is 1.94 bits per heavy atom. The molecular formula is C21H22F3N5O4S2. The smallest absolute Gasteiger partial charge is 0.258 e. The number of hydrogen-bond acceptors (Lipinski definition) is 8. The van der Waals surface area contributed by atoms with Crippen LogP contribution in [0, 0.1) is 17.5 Å². The first-order valence-electron chi connectivity index (χ1n) is 10.8. The third kappa shape index (κ3) is 5.49. The van der Waals surface area contributed by atoms with E-state index in [2.05, 4.69) is 15.3 Å². The second-order valence-electron chi connectivity index (χ2n) is 7.86. The molecule has 0 aliphatic carbocycles. The Balaban J connectivity index is 1.62. The molecule has 4 rings (SSSR count). The predicted molar refractivity (Wildman–Crippen MR) is 127 cm³/mol. The van der Waals surface area contributed by atoms with Crippen molar-refractivity contribution in [1.29, 1.82) is 0 Å². The van der Waals surface area contributed by atoms with Gasteiger partial charge in [-0.05, 0) is 19.3 Å². The van der Waals surface area contributed by atoms with Gasteiger partial charge in [-0.3, -0.25) is 9.52 Å². The number of sulfonamides is 1. The molecule has 14 heteroatoms. The fourth-order valence-electron chi connectivity index (χ4n) is 3.61. The minimum atomic E-state index is -3.99. The largest absolute Gasteiger partial charge is 0.381 e. The van der Waals surface area contributed by atoms with Crippen molar-refractivity contribution in [2.45, 2.75) is 32.2 Å². The molecule has 1 fully saturated rings. The van der Waals surface area contributed by atoms with Gasteiger partial charge in [0.1, 0.15) is 17.8 Å². The second kappa shape index (κ2) is 10.3. The highest BCUT2D eigenvalue weighted by Crippen LogP contribution is 2.33. The van der Waals surface area contributed by atoms with E-state index in [1.165, 1.54) is 11.7 Å². The Morgan fingerprint density at radius 3 is 2.66 bits per heavy atom. The Bertz CT molecular complexity index is 1360. The summed E-state index contributed by atoms with van der Waals surface area (Å²) in [5, 5.41) is 6.77. The highest BCUT2D eigenvalue weighted by molar-refractivity contribution is 7.92. The molecule has 1 saturated heterocycles. The van der Waals surface area contributed by atoms with Gasteiger partial charge in [-0.25, -0.2) is 31.6 Å². The fourth-order valence-corrected chi connectivity index (χ4v) is 5.68. The van der Waals surface area contributed by atoms with Gasteiger partial charge in [0.05, 0.1) is 27.2 Å². The number of hydrogen-bond donors (Lipinski definition) is 3. The first kappa shape index (κ1) is 25.1. The van der Waals surface area contributed by atoms with Gasteiger partial charge in [-0.15, -0.1) is 11.3 Å². The van der Waals surface area contributed by atoms with E-state index in [-0.39, 0.29) is 29.3 Å². The molecule has 1 aliphatic heterocycles. The second-order valence-corrected chi connectivity index (χ2v) is 10.6. The number of benzene rings is 1. The van der Waals surface area contributed by atoms with Gasteiger partial charge in [-0.1, -0.05) is 6.92 Å². The molecule has 9 nitrogen and oxygen atoms in total. The number of aromatic nitrogens is 2. The van der Waals surface area contributed by atoms with Gasteiger partial charge in [0.25, 0.3) is 5.91 Å². The van der Waals surface area contributed by atoms with Crippen LogP contribution >= 0.6 is 11.3 Å². The van der Waals surface area contributed by atoms with Crippen molar-refractivity contribution in [3.63, 3.8) is 0 Å². The van der Waals surface area contributed by atoms with E-state index < -0.39 is 44.8 Å². The minimum Gasteiger partial charge on any atom is -0.381 e. The van der Waals surface area contributed by atoms with Crippen LogP contribution in [0.15, 0.2) is 17.8 Å². The maximum absolute atomic E-state index is 14.9. The number of ether oxygens (including phenoxy) is 1. The maximum Gasteiger partial charge on any atom is 0.258 e. The fraction of sp³-hybridized carbons (Fsp3) is 0.381. The van der Waals surface area contributed by atoms with Crippen molar-refractivity contribution in [2.75, 3.05) is 34.3 Å². The number of nitrogens with one attached hydrogen (secondary N) is 3. The lowest BCUT2D eigenvalue weighted by molar-refractivity contribution is 0.0904. The summed E-state index contributed by atoms with van der Waals surface area (Å²) in [6, 6.07) is 0.515. The van der Waals surface area contributed by atoms with E-state index in [1.54, 1.807) is 6.92 Å². The van der Waals surface area contributed by atoms with Crippen LogP contribution in [0.5, 0.6) is 0 Å². The molecule has 3 N–H and O–H groups in total. The van der Waals surface area contributed by atoms with Crippen LogP contribution < -0.4 is 15.4 Å². The Labute approximate surface area is 203 Å². The van der Waals surface area contributed by atoms with Gasteiger partial charge >= 0.3 is 0 Å². The van der Waals surface area contributed by atoms with Crippen LogP contribution in [0.3, 0.4) is 0 Å². The van der Waals surface area contributed by atoms with Crippen molar-refractivity contribution in [2.24, 2.45) is 0 Å². The standard InChI is InChI=1S/C21H22F3N5O4S2/c1-2-7-35(31,32)29-14-8-13(22)15(23)18(16(14)24)28-21(30)12-9-34-19-17(12)25-10-26-20(19)27-11-3-5-33-6-4-11/h8-11,29H,2-7H2,1H3,(H,28,30)(H,25,26,27). The highest BCUT2D eigenvalue weighted by Gasteiger charge is 2.25. The van der Waals surface area contributed by atoms with Crippen molar-refractivity contribution in [1.82, 2.24) is 9.97 Å². The summed E-state index contributed by atoms with van der Waals surface area (Å²) in [4.78, 5) is 21.3. The first-order chi connectivity index (χ1) is 16.7. The van der Waals surface area contributed by atoms with Gasteiger partial charge < -0.3 is 15.4 Å². The van der Waals surface area contributed by atoms with E-state index in [0.717, 1.165) is 24.2 Å². The van der Waals surface area contributed by atoms with Gasteiger partial charge in [-0.2, -0.15) is 0 Å². The molecule has 1 aliphatic rings. The molecule has 188 valence electrons. The molecule has 35 heavy (non-hydrogen) atoms. The van der Waals surface area contributed by atoms with Crippen LogP contribution in [-0.2, 0) is 14.8 Å². The number of carbonyl (C=O) groups excluding carboxylic acids is 1. The zero-order valence-corrected chi connectivity index (χ0v) is 20.2. The van der Waals surface area contributed by atoms with E-state index >= 15 is 0 Å². The van der Waals surface area contributed by atoms with Gasteiger partial charge in [0.15, 0.2) is 17.5 Å². The van der Waals surface area contributed by atoms with Crippen molar-refractivity contribution < 1.29 is 31.1 Å². The van der Waals surface area contributed by atoms with Crippen LogP contribution in [0.4, 0.5) is 30.4 Å². The number of rotatable bonds is 8. The summed E-state index contributed by atoms with van der Waals surface area (Å²) in [5.74, 6) is -5.42. The Hall–Kier alpha value is -2.97. The topological polar surface area (TPSA) is 122 Å². The van der Waals surface area contributed by atoms with Gasteiger partial charge in [0, 0.05) is 30.7 Å². The molecule has 2 aromatic heterocycles. The summed E-state index contributed by atoms with van der Waals surface area (Å²) in [6.45, 7) is 2.82. The lowest BCUT2D eigenvalue weighted by atomic mass is 10.1. The summed E-state index contributed by atoms with van der Waals surface area (Å²) in [7, 11) is -3.99. The minimum absolute atomic E-state index is 0.00129. The third-order valence-corrected chi connectivity index (χ3v) is 7.75. The third-order valence-electron chi connectivity index (χ3n) is 5.29. The molecule has 0 unspecified atom stereocenters. The number of nitrogens with zero attached hydrogens (tertiary/aromatic N) is 2. The first-order valence-corrected chi connectivity index (χ1v) is 13.3. The Kier molecular flexibility index (Phi) is 7.42. The zero-order valence-electron chi connectivity index (χ0n) is 18.5. The van der Waals surface area contributed by atoms with E-state index in [9.17, 15) is 26.4 Å². The van der Waals surface area contributed by atoms with Gasteiger partial charge in [0.2, 0.25) is 10.0 Å². The van der Waals surface area contributed by atoms with Crippen molar-refractivity contribution in [3.8, 4) is 0 Å². The van der Waals surface area contributed by atoms with Crippen molar-refractivity contribution >= 4 is 54.7 Å². The molecule has 0 saturated carbocycles. The van der Waals surface area contributed by atoms with Crippen LogP contribution in [0.25, 0.3) is 10.2 Å². The van der Waals surface area contributed by atoms with E-state index in [4.69, 9.17) is 4.74 Å². The molecule has 3 heterocycles. The maximum atomic E-state index is 14.9. The predicted octanol–water partition coefficient (Wildman–Crippen LogP) is 4.10. The summed E-state index contributed by atoms with van der Waals surface area (Å²) < 4.78 is 75.2. The lowest BCUT2D eigenvalue weighted by Gasteiger charge is -2.23. The molecule has 0 radical (unpaired) electrons. The molecule has 0 bridgehead atoms. The molecule has 3 aromatic rings. The van der Waals surface area contributed by atoms with Crippen LogP contribution in [-0.4, -0.2) is 49.3 Å². The molecule has 0 atom stereocenters. The quantitative estimate of drug-likeness (QED) is 0.376. The number of fused-ring (bicyclic) bond motifs is 1. The number of halogens is 3. The summed E-state index contributed by atoms with van der Waals surface area (Å²) in [5.41, 5.74) is -1.68. The number of anilines is 3. The molecule has 1 aromatic carbocycles. The zero-order chi connectivity index (χ0) is 25.2. The van der Waals surface area contributed by atoms with Crippen LogP contribution in [0.2, 0.25) is 0 Å². The Morgan fingerprint density at radius 1 is 1.20 bits per heavy atom. The van der Waals surface area contributed by atoms with E-state index in [0.29, 0.717) is 29.8 Å². The molecule has 1 amide bonds. The molecular weight excluding hydrogens is 507 g/mol. The number of thiophene rings is 1. The number of carbonyl (C=O) groups is 1. The van der Waals surface area contributed by atoms with Crippen LogP contribution in [0.1, 0.15) is 36.5 Å². The lowest BCUT2D eigenvalue weighted by Crippen LogP contribution is -2.28. The van der Waals surface area contributed by atoms with E-state index in [1.807, 2.05) is 10.0 Å². The average molecular weight is 530 g/mol. The molecule has 0 spiro atoms. The summed E-state index contributed by atoms with van der Waals surface area (Å²) >= 11 is 1.16. The average Bonchev–Trinajstić information content (AvgIpc) is 3.26. The monoisotopic (exact) mass is 529 g/mol.